The summed E-state index contributed by atoms with van der Waals surface area (Å²) in [5.74, 6) is 1.08. The molecule has 0 aromatic heterocycles. The SMILES string of the molecule is CCCSSc1ccccc1COC(=O)N(C)CCN(C)C(=O)OC. The molecule has 6 nitrogen and oxygen atoms in total. The fraction of sp³-hybridized carbons (Fsp3) is 0.529. The lowest BCUT2D eigenvalue weighted by molar-refractivity contribution is 0.0970. The fourth-order valence-corrected chi connectivity index (χ4v) is 4.14. The molecule has 1 aromatic rings. The van der Waals surface area contributed by atoms with Gasteiger partial charge in [-0.05, 0) is 12.5 Å². The number of ether oxygens (including phenoxy) is 2. The normalized spacial score (nSPS) is 10.2. The lowest BCUT2D eigenvalue weighted by Gasteiger charge is -2.21. The van der Waals surface area contributed by atoms with Crippen molar-refractivity contribution >= 4 is 33.8 Å². The van der Waals surface area contributed by atoms with Crippen molar-refractivity contribution in [1.82, 2.24) is 9.80 Å². The van der Waals surface area contributed by atoms with E-state index in [1.807, 2.05) is 24.3 Å². The van der Waals surface area contributed by atoms with E-state index in [4.69, 9.17) is 4.74 Å². The third-order valence-electron chi connectivity index (χ3n) is 3.33. The number of methoxy groups -OCH3 is 1. The van der Waals surface area contributed by atoms with Crippen LogP contribution in [0.15, 0.2) is 29.2 Å². The smallest absolute Gasteiger partial charge is 0.409 e. The Labute approximate surface area is 157 Å². The quantitative estimate of drug-likeness (QED) is 0.470. The molecule has 0 radical (unpaired) electrons. The number of carbonyl (C=O) groups is 2. The average Bonchev–Trinajstić information content (AvgIpc) is 2.64. The van der Waals surface area contributed by atoms with Crippen LogP contribution in [0.5, 0.6) is 0 Å². The summed E-state index contributed by atoms with van der Waals surface area (Å²) < 4.78 is 10.00. The fourth-order valence-electron chi connectivity index (χ4n) is 1.78. The van der Waals surface area contributed by atoms with Crippen LogP contribution in [-0.4, -0.2) is 62.0 Å². The van der Waals surface area contributed by atoms with Crippen LogP contribution in [0.4, 0.5) is 9.59 Å². The van der Waals surface area contributed by atoms with E-state index in [1.165, 1.54) is 16.9 Å². The Bertz CT molecular complexity index is 557. The first-order valence-corrected chi connectivity index (χ1v) is 10.4. The third kappa shape index (κ3) is 7.92. The van der Waals surface area contributed by atoms with Crippen LogP contribution in [0.2, 0.25) is 0 Å². The first-order chi connectivity index (χ1) is 12.0. The van der Waals surface area contributed by atoms with E-state index in [-0.39, 0.29) is 6.61 Å². The number of amides is 2. The number of rotatable bonds is 9. The summed E-state index contributed by atoms with van der Waals surface area (Å²) in [6.07, 6.45) is 0.274. The minimum absolute atomic E-state index is 0.228. The van der Waals surface area contributed by atoms with Crippen molar-refractivity contribution in [2.75, 3.05) is 40.0 Å². The van der Waals surface area contributed by atoms with Crippen LogP contribution in [0.1, 0.15) is 18.9 Å². The lowest BCUT2D eigenvalue weighted by atomic mass is 10.2. The van der Waals surface area contributed by atoms with E-state index in [9.17, 15) is 9.59 Å². The molecule has 0 aliphatic heterocycles. The van der Waals surface area contributed by atoms with Crippen LogP contribution in [0.3, 0.4) is 0 Å². The average molecular weight is 387 g/mol. The molecule has 1 rings (SSSR count). The molecule has 25 heavy (non-hydrogen) atoms. The second-order valence-corrected chi connectivity index (χ2v) is 7.84. The number of likely N-dealkylation sites (N-methyl/N-ethyl adjacent to an activating group) is 2. The summed E-state index contributed by atoms with van der Waals surface area (Å²) in [5, 5.41) is 0. The van der Waals surface area contributed by atoms with Crippen LogP contribution >= 0.6 is 21.6 Å². The van der Waals surface area contributed by atoms with Gasteiger partial charge in [0.05, 0.1) is 7.11 Å². The van der Waals surface area contributed by atoms with E-state index in [1.54, 1.807) is 35.7 Å². The molecule has 0 aliphatic carbocycles. The molecular formula is C17H26N2O4S2. The van der Waals surface area contributed by atoms with Crippen LogP contribution in [0, 0.1) is 0 Å². The van der Waals surface area contributed by atoms with E-state index in [2.05, 4.69) is 11.7 Å². The van der Waals surface area contributed by atoms with Crippen molar-refractivity contribution in [2.24, 2.45) is 0 Å². The summed E-state index contributed by atoms with van der Waals surface area (Å²) in [7, 11) is 8.08. The maximum Gasteiger partial charge on any atom is 0.409 e. The number of hydrogen-bond donors (Lipinski definition) is 0. The standard InChI is InChI=1S/C17H26N2O4S2/c1-5-12-24-25-15-9-7-6-8-14(15)13-23-17(21)19(3)11-10-18(2)16(20)22-4/h6-9H,5,10-13H2,1-4H3. The van der Waals surface area contributed by atoms with Gasteiger partial charge in [-0.3, -0.25) is 0 Å². The first kappa shape index (κ1) is 21.5. The van der Waals surface area contributed by atoms with Gasteiger partial charge in [0.15, 0.2) is 0 Å². The zero-order valence-electron chi connectivity index (χ0n) is 15.2. The molecule has 0 saturated carbocycles. The lowest BCUT2D eigenvalue weighted by Crippen LogP contribution is -2.37. The monoisotopic (exact) mass is 386 g/mol. The van der Waals surface area contributed by atoms with Crippen molar-refractivity contribution in [3.05, 3.63) is 29.8 Å². The number of carbonyl (C=O) groups excluding carboxylic acids is 2. The van der Waals surface area contributed by atoms with Gasteiger partial charge < -0.3 is 19.3 Å². The molecule has 2 amide bonds. The van der Waals surface area contributed by atoms with Crippen LogP contribution in [-0.2, 0) is 16.1 Å². The molecular weight excluding hydrogens is 360 g/mol. The van der Waals surface area contributed by atoms with Gasteiger partial charge in [-0.25, -0.2) is 9.59 Å². The summed E-state index contributed by atoms with van der Waals surface area (Å²) in [4.78, 5) is 27.4. The maximum atomic E-state index is 12.1. The van der Waals surface area contributed by atoms with Gasteiger partial charge in [0.1, 0.15) is 6.61 Å². The molecule has 0 fully saturated rings. The highest BCUT2D eigenvalue weighted by atomic mass is 33.1. The van der Waals surface area contributed by atoms with Gasteiger partial charge in [-0.2, -0.15) is 0 Å². The topological polar surface area (TPSA) is 59.1 Å². The molecule has 0 N–H and O–H groups in total. The minimum Gasteiger partial charge on any atom is -0.453 e. The molecule has 0 saturated heterocycles. The van der Waals surface area contributed by atoms with E-state index < -0.39 is 12.2 Å². The largest absolute Gasteiger partial charge is 0.453 e. The van der Waals surface area contributed by atoms with E-state index in [0.717, 1.165) is 22.6 Å². The number of hydrogen-bond acceptors (Lipinski definition) is 6. The van der Waals surface area contributed by atoms with Gasteiger partial charge >= 0.3 is 12.2 Å². The van der Waals surface area contributed by atoms with Gasteiger partial charge in [-0.1, -0.05) is 46.7 Å². The molecule has 0 bridgehead atoms. The Hall–Kier alpha value is -1.54. The zero-order valence-corrected chi connectivity index (χ0v) is 16.8. The molecule has 0 aliphatic rings. The summed E-state index contributed by atoms with van der Waals surface area (Å²) in [6, 6.07) is 7.92. The number of benzene rings is 1. The Morgan fingerprint density at radius 3 is 2.36 bits per heavy atom. The molecule has 1 aromatic carbocycles. The Morgan fingerprint density at radius 1 is 1.08 bits per heavy atom. The Morgan fingerprint density at radius 2 is 1.72 bits per heavy atom. The van der Waals surface area contributed by atoms with Crippen molar-refractivity contribution in [1.29, 1.82) is 0 Å². The molecule has 0 heterocycles. The zero-order chi connectivity index (χ0) is 18.7. The second kappa shape index (κ2) is 11.9. The minimum atomic E-state index is -0.433. The van der Waals surface area contributed by atoms with Gasteiger partial charge in [0, 0.05) is 43.4 Å². The summed E-state index contributed by atoms with van der Waals surface area (Å²) >= 11 is 0. The third-order valence-corrected chi connectivity index (χ3v) is 5.99. The van der Waals surface area contributed by atoms with Crippen LogP contribution in [0.25, 0.3) is 0 Å². The second-order valence-electron chi connectivity index (χ2n) is 5.38. The molecule has 8 heteroatoms. The molecule has 0 spiro atoms. The van der Waals surface area contributed by atoms with Gasteiger partial charge in [-0.15, -0.1) is 0 Å². The van der Waals surface area contributed by atoms with Crippen molar-refractivity contribution in [2.45, 2.75) is 24.8 Å². The molecule has 0 atom stereocenters. The number of nitrogens with zero attached hydrogens (tertiary/aromatic N) is 2. The highest BCUT2D eigenvalue weighted by Crippen LogP contribution is 2.34. The van der Waals surface area contributed by atoms with Gasteiger partial charge in [0.25, 0.3) is 0 Å². The Kier molecular flexibility index (Phi) is 10.3. The van der Waals surface area contributed by atoms with Crippen molar-refractivity contribution in [3.8, 4) is 0 Å². The maximum absolute atomic E-state index is 12.1. The highest BCUT2D eigenvalue weighted by Gasteiger charge is 2.14. The van der Waals surface area contributed by atoms with Crippen molar-refractivity contribution < 1.29 is 19.1 Å². The van der Waals surface area contributed by atoms with Gasteiger partial charge in [0.2, 0.25) is 0 Å². The highest BCUT2D eigenvalue weighted by molar-refractivity contribution is 8.76. The van der Waals surface area contributed by atoms with E-state index in [0.29, 0.717) is 13.1 Å². The molecule has 0 unspecified atom stereocenters. The predicted octanol–water partition coefficient (Wildman–Crippen LogP) is 4.10. The van der Waals surface area contributed by atoms with Crippen LogP contribution < -0.4 is 0 Å². The molecule has 140 valence electrons. The summed E-state index contributed by atoms with van der Waals surface area (Å²) in [6.45, 7) is 3.12. The van der Waals surface area contributed by atoms with Crippen molar-refractivity contribution in [3.63, 3.8) is 0 Å². The van der Waals surface area contributed by atoms with E-state index >= 15 is 0 Å². The summed E-state index contributed by atoms with van der Waals surface area (Å²) in [5.41, 5.74) is 0.990. The first-order valence-electron chi connectivity index (χ1n) is 8.03. The Balaban J connectivity index is 2.46. The predicted molar refractivity (Wildman–Crippen MR) is 103 cm³/mol.